The summed E-state index contributed by atoms with van der Waals surface area (Å²) in [5.74, 6) is -0.732. The summed E-state index contributed by atoms with van der Waals surface area (Å²) in [6.45, 7) is 1.59. The van der Waals surface area contributed by atoms with Crippen molar-refractivity contribution in [1.29, 1.82) is 0 Å². The van der Waals surface area contributed by atoms with Gasteiger partial charge in [-0.3, -0.25) is 14.4 Å². The van der Waals surface area contributed by atoms with Gasteiger partial charge in [0.2, 0.25) is 11.8 Å². The number of carbonyl (C=O) groups is 3. The molecule has 29 heavy (non-hydrogen) atoms. The van der Waals surface area contributed by atoms with E-state index >= 15 is 0 Å². The first-order valence-electron chi connectivity index (χ1n) is 9.06. The molecule has 0 unspecified atom stereocenters. The van der Waals surface area contributed by atoms with Gasteiger partial charge in [-0.05, 0) is 41.1 Å². The maximum Gasteiger partial charge on any atom is 0.251 e. The number of benzene rings is 3. The fraction of sp³-hybridized carbons (Fsp3) is 0.136. The molecule has 0 radical (unpaired) electrons. The number of carbonyl (C=O) groups excluding carboxylic acids is 3. The van der Waals surface area contributed by atoms with Crippen molar-refractivity contribution in [3.8, 4) is 0 Å². The van der Waals surface area contributed by atoms with Gasteiger partial charge >= 0.3 is 0 Å². The number of hydrogen-bond donors (Lipinski definition) is 3. The summed E-state index contributed by atoms with van der Waals surface area (Å²) >= 11 is 3.35. The predicted octanol–water partition coefficient (Wildman–Crippen LogP) is 4.32. The van der Waals surface area contributed by atoms with Crippen LogP contribution in [0.25, 0.3) is 10.8 Å². The van der Waals surface area contributed by atoms with Gasteiger partial charge in [0, 0.05) is 29.9 Å². The summed E-state index contributed by atoms with van der Waals surface area (Å²) < 4.78 is 0.770. The van der Waals surface area contributed by atoms with Crippen LogP contribution in [0.15, 0.2) is 65.1 Å². The standard InChI is InChI=1S/C22H20BrN3O3/c1-14(27)25-19-9-8-18(23)13-20(19)26-21(28)10-11-24-22(29)17-7-6-15-4-2-3-5-16(15)12-17/h2-9,12-13H,10-11H2,1H3,(H,24,29)(H,25,27)(H,26,28). The first-order chi connectivity index (χ1) is 13.9. The lowest BCUT2D eigenvalue weighted by Crippen LogP contribution is -2.27. The van der Waals surface area contributed by atoms with E-state index in [9.17, 15) is 14.4 Å². The Labute approximate surface area is 176 Å². The number of halogens is 1. The fourth-order valence-corrected chi connectivity index (χ4v) is 3.21. The molecule has 0 aromatic heterocycles. The van der Waals surface area contributed by atoms with Crippen molar-refractivity contribution < 1.29 is 14.4 Å². The molecule has 0 atom stereocenters. The molecule has 3 aromatic rings. The Balaban J connectivity index is 1.56. The molecule has 3 rings (SSSR count). The van der Waals surface area contributed by atoms with Crippen LogP contribution in [-0.2, 0) is 9.59 Å². The molecular weight excluding hydrogens is 434 g/mol. The van der Waals surface area contributed by atoms with Crippen LogP contribution >= 0.6 is 15.9 Å². The first kappa shape index (κ1) is 20.5. The highest BCUT2D eigenvalue weighted by atomic mass is 79.9. The van der Waals surface area contributed by atoms with E-state index in [0.29, 0.717) is 16.9 Å². The van der Waals surface area contributed by atoms with Crippen LogP contribution in [-0.4, -0.2) is 24.3 Å². The van der Waals surface area contributed by atoms with Crippen molar-refractivity contribution in [2.45, 2.75) is 13.3 Å². The van der Waals surface area contributed by atoms with Gasteiger partial charge in [-0.15, -0.1) is 0 Å². The highest BCUT2D eigenvalue weighted by Gasteiger charge is 2.11. The zero-order valence-electron chi connectivity index (χ0n) is 15.8. The second-order valence-electron chi connectivity index (χ2n) is 6.49. The molecule has 3 aromatic carbocycles. The van der Waals surface area contributed by atoms with E-state index in [1.165, 1.54) is 6.92 Å². The third-order valence-corrected chi connectivity index (χ3v) is 4.71. The van der Waals surface area contributed by atoms with Gasteiger partial charge in [0.1, 0.15) is 0 Å². The molecule has 0 aliphatic heterocycles. The molecule has 148 valence electrons. The van der Waals surface area contributed by atoms with E-state index < -0.39 is 0 Å². The number of fused-ring (bicyclic) bond motifs is 1. The van der Waals surface area contributed by atoms with Crippen LogP contribution in [0.4, 0.5) is 11.4 Å². The molecule has 0 aliphatic carbocycles. The van der Waals surface area contributed by atoms with E-state index in [1.54, 1.807) is 24.3 Å². The third kappa shape index (κ3) is 5.65. The lowest BCUT2D eigenvalue weighted by molar-refractivity contribution is -0.116. The maximum absolute atomic E-state index is 12.4. The van der Waals surface area contributed by atoms with Gasteiger partial charge in [0.05, 0.1) is 11.4 Å². The highest BCUT2D eigenvalue weighted by molar-refractivity contribution is 9.10. The van der Waals surface area contributed by atoms with Crippen LogP contribution < -0.4 is 16.0 Å². The molecule has 0 bridgehead atoms. The molecular formula is C22H20BrN3O3. The summed E-state index contributed by atoms with van der Waals surface area (Å²) in [6, 6.07) is 18.5. The summed E-state index contributed by atoms with van der Waals surface area (Å²) in [5.41, 5.74) is 1.54. The summed E-state index contributed by atoms with van der Waals surface area (Å²) in [4.78, 5) is 35.9. The minimum Gasteiger partial charge on any atom is -0.352 e. The predicted molar refractivity (Wildman–Crippen MR) is 118 cm³/mol. The topological polar surface area (TPSA) is 87.3 Å². The molecule has 7 heteroatoms. The van der Waals surface area contributed by atoms with E-state index in [0.717, 1.165) is 15.2 Å². The van der Waals surface area contributed by atoms with Crippen LogP contribution in [0.5, 0.6) is 0 Å². The molecule has 0 fully saturated rings. The SMILES string of the molecule is CC(=O)Nc1ccc(Br)cc1NC(=O)CCNC(=O)c1ccc2ccccc2c1. The average molecular weight is 454 g/mol. The van der Waals surface area contributed by atoms with Gasteiger partial charge in [0.15, 0.2) is 0 Å². The van der Waals surface area contributed by atoms with Gasteiger partial charge in [0.25, 0.3) is 5.91 Å². The van der Waals surface area contributed by atoms with Gasteiger partial charge in [-0.2, -0.15) is 0 Å². The molecule has 0 aliphatic rings. The van der Waals surface area contributed by atoms with Crippen molar-refractivity contribution in [3.05, 3.63) is 70.7 Å². The zero-order valence-corrected chi connectivity index (χ0v) is 17.4. The van der Waals surface area contributed by atoms with Crippen molar-refractivity contribution in [3.63, 3.8) is 0 Å². The fourth-order valence-electron chi connectivity index (χ4n) is 2.85. The maximum atomic E-state index is 12.4. The lowest BCUT2D eigenvalue weighted by atomic mass is 10.1. The largest absolute Gasteiger partial charge is 0.352 e. The Bertz CT molecular complexity index is 1080. The van der Waals surface area contributed by atoms with E-state index in [1.807, 2.05) is 36.4 Å². The Morgan fingerprint density at radius 3 is 2.38 bits per heavy atom. The van der Waals surface area contributed by atoms with Crippen molar-refractivity contribution in [2.75, 3.05) is 17.2 Å². The van der Waals surface area contributed by atoms with Gasteiger partial charge < -0.3 is 16.0 Å². The van der Waals surface area contributed by atoms with E-state index in [-0.39, 0.29) is 30.7 Å². The van der Waals surface area contributed by atoms with Gasteiger partial charge in [-0.1, -0.05) is 46.3 Å². The highest BCUT2D eigenvalue weighted by Crippen LogP contribution is 2.26. The number of anilines is 2. The Hall–Kier alpha value is -3.19. The number of nitrogens with one attached hydrogen (secondary N) is 3. The average Bonchev–Trinajstić information content (AvgIpc) is 2.69. The summed E-state index contributed by atoms with van der Waals surface area (Å²) in [5, 5.41) is 10.2. The van der Waals surface area contributed by atoms with E-state index in [2.05, 4.69) is 31.9 Å². The van der Waals surface area contributed by atoms with Crippen LogP contribution in [0, 0.1) is 0 Å². The Kier molecular flexibility index (Phi) is 6.61. The minimum absolute atomic E-state index is 0.103. The first-order valence-corrected chi connectivity index (χ1v) is 9.85. The van der Waals surface area contributed by atoms with Crippen LogP contribution in [0.2, 0.25) is 0 Å². The molecule has 0 saturated heterocycles. The quantitative estimate of drug-likeness (QED) is 0.519. The summed E-state index contributed by atoms with van der Waals surface area (Å²) in [7, 11) is 0. The molecule has 0 saturated carbocycles. The molecule has 3 amide bonds. The number of rotatable bonds is 6. The van der Waals surface area contributed by atoms with Crippen LogP contribution in [0.1, 0.15) is 23.7 Å². The monoisotopic (exact) mass is 453 g/mol. The minimum atomic E-state index is -0.270. The summed E-state index contributed by atoms with van der Waals surface area (Å²) in [6.07, 6.45) is 0.103. The number of hydrogen-bond acceptors (Lipinski definition) is 3. The molecule has 3 N–H and O–H groups in total. The van der Waals surface area contributed by atoms with E-state index in [4.69, 9.17) is 0 Å². The Morgan fingerprint density at radius 2 is 1.62 bits per heavy atom. The lowest BCUT2D eigenvalue weighted by Gasteiger charge is -2.12. The van der Waals surface area contributed by atoms with Crippen molar-refractivity contribution >= 4 is 55.8 Å². The second kappa shape index (κ2) is 9.34. The smallest absolute Gasteiger partial charge is 0.251 e. The molecule has 0 heterocycles. The van der Waals surface area contributed by atoms with Crippen molar-refractivity contribution in [2.24, 2.45) is 0 Å². The van der Waals surface area contributed by atoms with Crippen LogP contribution in [0.3, 0.4) is 0 Å². The third-order valence-electron chi connectivity index (χ3n) is 4.22. The molecule has 0 spiro atoms. The molecule has 6 nitrogen and oxygen atoms in total. The number of amides is 3. The van der Waals surface area contributed by atoms with Crippen molar-refractivity contribution in [1.82, 2.24) is 5.32 Å². The second-order valence-corrected chi connectivity index (χ2v) is 7.40. The van der Waals surface area contributed by atoms with Gasteiger partial charge in [-0.25, -0.2) is 0 Å². The zero-order chi connectivity index (χ0) is 20.8. The normalized spacial score (nSPS) is 10.4. The Morgan fingerprint density at radius 1 is 0.862 bits per heavy atom.